The molecule has 1 atom stereocenters. The van der Waals surface area contributed by atoms with Gasteiger partial charge in [-0.2, -0.15) is 0 Å². The second-order valence-corrected chi connectivity index (χ2v) is 7.19. The van der Waals surface area contributed by atoms with Gasteiger partial charge in [0.05, 0.1) is 10.9 Å². The second kappa shape index (κ2) is 8.30. The Kier molecular flexibility index (Phi) is 6.32. The minimum absolute atomic E-state index is 0. The van der Waals surface area contributed by atoms with Gasteiger partial charge in [-0.25, -0.2) is 17.9 Å². The van der Waals surface area contributed by atoms with Gasteiger partial charge in [-0.1, -0.05) is 23.4 Å². The van der Waals surface area contributed by atoms with Crippen LogP contribution in [0, 0.1) is 0 Å². The summed E-state index contributed by atoms with van der Waals surface area (Å²) in [6.07, 6.45) is 2.99. The zero-order chi connectivity index (χ0) is 18.7. The summed E-state index contributed by atoms with van der Waals surface area (Å²) in [7, 11) is -3.85. The Morgan fingerprint density at radius 2 is 1.89 bits per heavy atom. The number of aromatic carboxylic acids is 1. The normalized spacial score (nSPS) is 12.2. The number of pyridine rings is 1. The summed E-state index contributed by atoms with van der Waals surface area (Å²) in [6, 6.07) is 10.1. The van der Waals surface area contributed by atoms with Crippen molar-refractivity contribution in [2.24, 2.45) is 0 Å². The van der Waals surface area contributed by atoms with Crippen molar-refractivity contribution < 1.29 is 22.8 Å². The quantitative estimate of drug-likeness (QED) is 0.641. The number of carbonyl (C=O) groups is 1. The summed E-state index contributed by atoms with van der Waals surface area (Å²) in [5.41, 5.74) is 0.339. The molecule has 0 aliphatic carbocycles. The van der Waals surface area contributed by atoms with Crippen LogP contribution in [0.4, 0.5) is 0 Å². The first-order valence-electron chi connectivity index (χ1n) is 7.61. The number of benzene rings is 1. The van der Waals surface area contributed by atoms with E-state index in [1.165, 1.54) is 25.3 Å². The Labute approximate surface area is 161 Å². The number of nitrogens with zero attached hydrogens (tertiary/aromatic N) is 2. The third kappa shape index (κ3) is 4.33. The van der Waals surface area contributed by atoms with E-state index in [9.17, 15) is 18.3 Å². The minimum atomic E-state index is -3.85. The second-order valence-electron chi connectivity index (χ2n) is 5.47. The molecule has 1 aromatic carbocycles. The fourth-order valence-corrected chi connectivity index (χ4v) is 3.68. The number of rotatable bonds is 6. The highest BCUT2D eigenvalue weighted by Crippen LogP contribution is 2.29. The SMILES string of the molecule is C[C@@H](NS(=O)(=O)c1ccccc1)c1onc(-c2cccnc2)c1C(=O)O.Cl. The van der Waals surface area contributed by atoms with Crippen molar-refractivity contribution in [2.45, 2.75) is 17.9 Å². The maximum absolute atomic E-state index is 12.4. The molecule has 142 valence electrons. The molecule has 0 saturated heterocycles. The monoisotopic (exact) mass is 409 g/mol. The van der Waals surface area contributed by atoms with Gasteiger partial charge in [0.2, 0.25) is 10.0 Å². The molecule has 0 spiro atoms. The molecule has 3 aromatic rings. The standard InChI is InChI=1S/C17H15N3O5S.ClH/c1-11(20-26(23,24)13-7-3-2-4-8-13)16-14(17(21)22)15(19-25-16)12-6-5-9-18-10-12;/h2-11,20H,1H3,(H,21,22);1H/t11-;/m1./s1. The van der Waals surface area contributed by atoms with Gasteiger partial charge in [0.25, 0.3) is 0 Å². The number of carboxylic acid groups (broad SMARTS) is 1. The molecule has 3 rings (SSSR count). The predicted molar refractivity (Wildman–Crippen MR) is 99.1 cm³/mol. The lowest BCUT2D eigenvalue weighted by Gasteiger charge is -2.12. The fraction of sp³-hybridized carbons (Fsp3) is 0.118. The maximum Gasteiger partial charge on any atom is 0.341 e. The summed E-state index contributed by atoms with van der Waals surface area (Å²) in [5, 5.41) is 13.4. The highest BCUT2D eigenvalue weighted by Gasteiger charge is 2.29. The van der Waals surface area contributed by atoms with Crippen LogP contribution in [0.25, 0.3) is 11.3 Å². The molecule has 0 aliphatic heterocycles. The van der Waals surface area contributed by atoms with E-state index >= 15 is 0 Å². The molecular weight excluding hydrogens is 394 g/mol. The number of halogens is 1. The summed E-state index contributed by atoms with van der Waals surface area (Å²) in [5.74, 6) is -1.36. The van der Waals surface area contributed by atoms with Crippen molar-refractivity contribution in [2.75, 3.05) is 0 Å². The van der Waals surface area contributed by atoms with E-state index in [1.807, 2.05) is 0 Å². The van der Waals surface area contributed by atoms with Gasteiger partial charge in [-0.15, -0.1) is 12.4 Å². The average Bonchev–Trinajstić information content (AvgIpc) is 3.08. The highest BCUT2D eigenvalue weighted by atomic mass is 35.5. The Balaban J connectivity index is 0.00000261. The molecule has 0 bridgehead atoms. The topological polar surface area (TPSA) is 122 Å². The van der Waals surface area contributed by atoms with Crippen molar-refractivity contribution in [3.8, 4) is 11.3 Å². The number of aromatic nitrogens is 2. The van der Waals surface area contributed by atoms with Crippen molar-refractivity contribution in [1.82, 2.24) is 14.9 Å². The molecule has 2 aromatic heterocycles. The minimum Gasteiger partial charge on any atom is -0.477 e. The fourth-order valence-electron chi connectivity index (χ4n) is 2.46. The number of hydrogen-bond donors (Lipinski definition) is 2. The van der Waals surface area contributed by atoms with E-state index in [0.717, 1.165) is 0 Å². The molecule has 0 saturated carbocycles. The van der Waals surface area contributed by atoms with Crippen molar-refractivity contribution in [3.63, 3.8) is 0 Å². The molecule has 10 heteroatoms. The summed E-state index contributed by atoms with van der Waals surface area (Å²) in [4.78, 5) is 15.7. The van der Waals surface area contributed by atoms with Gasteiger partial charge in [0.15, 0.2) is 5.76 Å². The largest absolute Gasteiger partial charge is 0.477 e. The smallest absolute Gasteiger partial charge is 0.341 e. The first kappa shape index (κ1) is 20.6. The van der Waals surface area contributed by atoms with Crippen molar-refractivity contribution in [3.05, 3.63) is 66.2 Å². The van der Waals surface area contributed by atoms with Crippen LogP contribution in [-0.2, 0) is 10.0 Å². The maximum atomic E-state index is 12.4. The Morgan fingerprint density at radius 1 is 1.19 bits per heavy atom. The summed E-state index contributed by atoms with van der Waals surface area (Å²) < 4.78 is 32.5. The van der Waals surface area contributed by atoms with Crippen LogP contribution in [0.15, 0.2) is 64.3 Å². The first-order chi connectivity index (χ1) is 12.4. The van der Waals surface area contributed by atoms with Crippen molar-refractivity contribution >= 4 is 28.4 Å². The third-order valence-electron chi connectivity index (χ3n) is 3.65. The van der Waals surface area contributed by atoms with E-state index in [-0.39, 0.29) is 34.3 Å². The van der Waals surface area contributed by atoms with Gasteiger partial charge >= 0.3 is 5.97 Å². The molecule has 0 fully saturated rings. The lowest BCUT2D eigenvalue weighted by Crippen LogP contribution is -2.27. The van der Waals surface area contributed by atoms with Crippen LogP contribution >= 0.6 is 12.4 Å². The molecular formula is C17H16ClN3O5S. The molecule has 0 radical (unpaired) electrons. The molecule has 0 amide bonds. The Bertz CT molecular complexity index is 1020. The van der Waals surface area contributed by atoms with Crippen LogP contribution in [-0.4, -0.2) is 29.6 Å². The summed E-state index contributed by atoms with van der Waals surface area (Å²) in [6.45, 7) is 1.49. The molecule has 8 nitrogen and oxygen atoms in total. The van der Waals surface area contributed by atoms with Crippen LogP contribution < -0.4 is 4.72 Å². The Morgan fingerprint density at radius 3 is 2.48 bits per heavy atom. The summed E-state index contributed by atoms with van der Waals surface area (Å²) >= 11 is 0. The lowest BCUT2D eigenvalue weighted by atomic mass is 10.1. The average molecular weight is 410 g/mol. The zero-order valence-corrected chi connectivity index (χ0v) is 15.7. The van der Waals surface area contributed by atoms with Crippen LogP contribution in [0.3, 0.4) is 0 Å². The molecule has 2 heterocycles. The number of carboxylic acids is 1. The van der Waals surface area contributed by atoms with Gasteiger partial charge in [0, 0.05) is 18.0 Å². The lowest BCUT2D eigenvalue weighted by molar-refractivity contribution is 0.0694. The van der Waals surface area contributed by atoms with Crippen LogP contribution in [0.5, 0.6) is 0 Å². The van der Waals surface area contributed by atoms with E-state index in [0.29, 0.717) is 5.56 Å². The molecule has 0 unspecified atom stereocenters. The Hall–Kier alpha value is -2.75. The van der Waals surface area contributed by atoms with E-state index in [4.69, 9.17) is 4.52 Å². The van der Waals surface area contributed by atoms with Crippen LogP contribution in [0.2, 0.25) is 0 Å². The number of sulfonamides is 1. The van der Waals surface area contributed by atoms with Crippen molar-refractivity contribution in [1.29, 1.82) is 0 Å². The van der Waals surface area contributed by atoms with Gasteiger partial charge < -0.3 is 9.63 Å². The first-order valence-corrected chi connectivity index (χ1v) is 9.09. The zero-order valence-electron chi connectivity index (χ0n) is 14.1. The highest BCUT2D eigenvalue weighted by molar-refractivity contribution is 7.89. The van der Waals surface area contributed by atoms with E-state index in [2.05, 4.69) is 14.9 Å². The molecule has 0 aliphatic rings. The third-order valence-corrected chi connectivity index (χ3v) is 5.20. The number of nitrogens with one attached hydrogen (secondary N) is 1. The van der Waals surface area contributed by atoms with Gasteiger partial charge in [0.1, 0.15) is 11.3 Å². The molecule has 27 heavy (non-hydrogen) atoms. The van der Waals surface area contributed by atoms with Gasteiger partial charge in [-0.05, 0) is 31.2 Å². The van der Waals surface area contributed by atoms with E-state index < -0.39 is 22.0 Å². The number of hydrogen-bond acceptors (Lipinski definition) is 6. The molecule has 2 N–H and O–H groups in total. The van der Waals surface area contributed by atoms with Gasteiger partial charge in [-0.3, -0.25) is 4.98 Å². The van der Waals surface area contributed by atoms with E-state index in [1.54, 1.807) is 36.5 Å². The van der Waals surface area contributed by atoms with Crippen LogP contribution in [0.1, 0.15) is 29.1 Å². The predicted octanol–water partition coefficient (Wildman–Crippen LogP) is 2.90.